The van der Waals surface area contributed by atoms with Gasteiger partial charge in [0.1, 0.15) is 5.75 Å². The molecule has 0 aliphatic carbocycles. The zero-order valence-electron chi connectivity index (χ0n) is 10.8. The van der Waals surface area contributed by atoms with Gasteiger partial charge in [-0.25, -0.2) is 0 Å². The summed E-state index contributed by atoms with van der Waals surface area (Å²) in [6.45, 7) is 2.69. The van der Waals surface area contributed by atoms with E-state index in [1.165, 1.54) is 10.4 Å². The van der Waals surface area contributed by atoms with E-state index in [1.807, 2.05) is 24.3 Å². The Morgan fingerprint density at radius 3 is 2.61 bits per heavy atom. The maximum atomic E-state index is 5.13. The first kappa shape index (κ1) is 12.5. The highest BCUT2D eigenvalue weighted by atomic mass is 16.5. The molecule has 18 heavy (non-hydrogen) atoms. The first-order valence-corrected chi connectivity index (χ1v) is 5.79. The molecule has 1 aromatic heterocycles. The van der Waals surface area contributed by atoms with Gasteiger partial charge in [0.05, 0.1) is 20.7 Å². The quantitative estimate of drug-likeness (QED) is 0.856. The van der Waals surface area contributed by atoms with E-state index in [1.54, 1.807) is 14.2 Å². The minimum absolute atomic E-state index is 0.222. The van der Waals surface area contributed by atoms with Crippen molar-refractivity contribution in [1.82, 2.24) is 25.5 Å². The van der Waals surface area contributed by atoms with Gasteiger partial charge in [0, 0.05) is 6.04 Å². The van der Waals surface area contributed by atoms with Crippen LogP contribution in [0, 0.1) is 0 Å². The molecule has 1 atom stereocenters. The fraction of sp³-hybridized carbons (Fsp3) is 0.417. The van der Waals surface area contributed by atoms with Crippen LogP contribution in [0.5, 0.6) is 5.75 Å². The highest BCUT2D eigenvalue weighted by Crippen LogP contribution is 2.17. The molecule has 0 aliphatic heterocycles. The zero-order chi connectivity index (χ0) is 13.0. The van der Waals surface area contributed by atoms with Crippen molar-refractivity contribution >= 4 is 0 Å². The van der Waals surface area contributed by atoms with Crippen LogP contribution in [-0.2, 0) is 13.6 Å². The molecular formula is C12H17N5O. The number of hydrogen-bond acceptors (Lipinski definition) is 5. The van der Waals surface area contributed by atoms with Crippen LogP contribution in [0.1, 0.15) is 24.4 Å². The molecule has 0 aliphatic rings. The number of hydrogen-bond donors (Lipinski definition) is 1. The number of ether oxygens (including phenoxy) is 1. The summed E-state index contributed by atoms with van der Waals surface area (Å²) < 4.78 is 5.13. The van der Waals surface area contributed by atoms with Gasteiger partial charge >= 0.3 is 0 Å². The molecule has 1 unspecified atom stereocenters. The predicted molar refractivity (Wildman–Crippen MR) is 67.0 cm³/mol. The number of rotatable bonds is 5. The third-order valence-corrected chi connectivity index (χ3v) is 2.73. The Hall–Kier alpha value is -1.95. The smallest absolute Gasteiger partial charge is 0.188 e. The molecule has 96 valence electrons. The van der Waals surface area contributed by atoms with E-state index >= 15 is 0 Å². The summed E-state index contributed by atoms with van der Waals surface area (Å²) in [6.07, 6.45) is 0. The van der Waals surface area contributed by atoms with E-state index < -0.39 is 0 Å². The van der Waals surface area contributed by atoms with Crippen LogP contribution in [-0.4, -0.2) is 27.3 Å². The van der Waals surface area contributed by atoms with Gasteiger partial charge in [-0.15, -0.1) is 10.2 Å². The van der Waals surface area contributed by atoms with Crippen LogP contribution in [0.25, 0.3) is 0 Å². The van der Waals surface area contributed by atoms with Crippen LogP contribution in [0.4, 0.5) is 0 Å². The molecule has 1 N–H and O–H groups in total. The Morgan fingerprint density at radius 1 is 1.33 bits per heavy atom. The first-order valence-electron chi connectivity index (χ1n) is 5.79. The maximum absolute atomic E-state index is 5.13. The lowest BCUT2D eigenvalue weighted by atomic mass is 10.1. The van der Waals surface area contributed by atoms with Gasteiger partial charge in [0.25, 0.3) is 0 Å². The molecule has 0 spiro atoms. The molecule has 0 saturated heterocycles. The second-order valence-corrected chi connectivity index (χ2v) is 4.07. The second kappa shape index (κ2) is 5.59. The lowest BCUT2D eigenvalue weighted by Crippen LogP contribution is -2.19. The number of nitrogens with one attached hydrogen (secondary N) is 1. The Balaban J connectivity index is 1.92. The molecular weight excluding hydrogens is 230 g/mol. The normalized spacial score (nSPS) is 12.4. The molecule has 1 heterocycles. The van der Waals surface area contributed by atoms with Crippen molar-refractivity contribution in [3.63, 3.8) is 0 Å². The number of aryl methyl sites for hydroxylation is 1. The first-order chi connectivity index (χ1) is 8.69. The lowest BCUT2D eigenvalue weighted by molar-refractivity contribution is 0.414. The Kier molecular flexibility index (Phi) is 3.88. The molecule has 0 bridgehead atoms. The fourth-order valence-electron chi connectivity index (χ4n) is 1.65. The monoisotopic (exact) mass is 247 g/mol. The van der Waals surface area contributed by atoms with Crippen LogP contribution in [0.3, 0.4) is 0 Å². The molecule has 0 saturated carbocycles. The van der Waals surface area contributed by atoms with Crippen LogP contribution in [0.15, 0.2) is 24.3 Å². The summed E-state index contributed by atoms with van der Waals surface area (Å²) >= 11 is 0. The zero-order valence-corrected chi connectivity index (χ0v) is 10.8. The van der Waals surface area contributed by atoms with Crippen LogP contribution in [0.2, 0.25) is 0 Å². The van der Waals surface area contributed by atoms with Crippen molar-refractivity contribution in [2.75, 3.05) is 7.11 Å². The summed E-state index contributed by atoms with van der Waals surface area (Å²) in [5.74, 6) is 1.56. The van der Waals surface area contributed by atoms with Gasteiger partial charge < -0.3 is 10.1 Å². The van der Waals surface area contributed by atoms with E-state index in [9.17, 15) is 0 Å². The summed E-state index contributed by atoms with van der Waals surface area (Å²) in [5, 5.41) is 15.2. The number of nitrogens with zero attached hydrogens (tertiary/aromatic N) is 4. The average molecular weight is 247 g/mol. The van der Waals surface area contributed by atoms with Crippen molar-refractivity contribution in [1.29, 1.82) is 0 Å². The number of aromatic nitrogens is 4. The van der Waals surface area contributed by atoms with E-state index in [-0.39, 0.29) is 6.04 Å². The second-order valence-electron chi connectivity index (χ2n) is 4.07. The van der Waals surface area contributed by atoms with E-state index in [4.69, 9.17) is 4.74 Å². The van der Waals surface area contributed by atoms with Gasteiger partial charge in [0.2, 0.25) is 0 Å². The SMILES string of the molecule is COc1ccc(C(C)NCc2nnn(C)n2)cc1. The third kappa shape index (κ3) is 3.04. The molecule has 6 heteroatoms. The Labute approximate surface area is 106 Å². The predicted octanol–water partition coefficient (Wildman–Crippen LogP) is 1.07. The standard InChI is InChI=1S/C12H17N5O/c1-9(10-4-6-11(18-3)7-5-10)13-8-12-14-16-17(2)15-12/h4-7,9,13H,8H2,1-3H3. The summed E-state index contributed by atoms with van der Waals surface area (Å²) in [6, 6.07) is 8.21. The van der Waals surface area contributed by atoms with Crippen LogP contribution < -0.4 is 10.1 Å². The minimum Gasteiger partial charge on any atom is -0.497 e. The minimum atomic E-state index is 0.222. The van der Waals surface area contributed by atoms with Crippen molar-refractivity contribution in [3.05, 3.63) is 35.7 Å². The number of benzene rings is 1. The number of methoxy groups -OCH3 is 1. The largest absolute Gasteiger partial charge is 0.497 e. The fourth-order valence-corrected chi connectivity index (χ4v) is 1.65. The number of tetrazole rings is 1. The van der Waals surface area contributed by atoms with E-state index in [0.29, 0.717) is 12.4 Å². The molecule has 0 amide bonds. The molecule has 6 nitrogen and oxygen atoms in total. The van der Waals surface area contributed by atoms with E-state index in [0.717, 1.165) is 5.75 Å². The van der Waals surface area contributed by atoms with Gasteiger partial charge in [-0.1, -0.05) is 12.1 Å². The lowest BCUT2D eigenvalue weighted by Gasteiger charge is -2.13. The molecule has 2 aromatic rings. The Bertz CT molecular complexity index is 493. The topological polar surface area (TPSA) is 64.9 Å². The van der Waals surface area contributed by atoms with Crippen LogP contribution >= 0.6 is 0 Å². The third-order valence-electron chi connectivity index (χ3n) is 2.73. The molecule has 2 rings (SSSR count). The van der Waals surface area contributed by atoms with Crippen molar-refractivity contribution in [2.24, 2.45) is 7.05 Å². The Morgan fingerprint density at radius 2 is 2.06 bits per heavy atom. The van der Waals surface area contributed by atoms with Gasteiger partial charge in [-0.05, 0) is 29.8 Å². The molecule has 0 radical (unpaired) electrons. The van der Waals surface area contributed by atoms with Gasteiger partial charge in [-0.2, -0.15) is 4.80 Å². The highest BCUT2D eigenvalue weighted by Gasteiger charge is 2.07. The summed E-state index contributed by atoms with van der Waals surface area (Å²) in [7, 11) is 3.42. The van der Waals surface area contributed by atoms with Crippen molar-refractivity contribution in [2.45, 2.75) is 19.5 Å². The average Bonchev–Trinajstić information content (AvgIpc) is 2.82. The van der Waals surface area contributed by atoms with Gasteiger partial charge in [0.15, 0.2) is 5.82 Å². The highest BCUT2D eigenvalue weighted by molar-refractivity contribution is 5.28. The maximum Gasteiger partial charge on any atom is 0.188 e. The van der Waals surface area contributed by atoms with Crippen molar-refractivity contribution in [3.8, 4) is 5.75 Å². The van der Waals surface area contributed by atoms with E-state index in [2.05, 4.69) is 27.7 Å². The molecule has 1 aromatic carbocycles. The summed E-state index contributed by atoms with van der Waals surface area (Å²) in [4.78, 5) is 1.45. The summed E-state index contributed by atoms with van der Waals surface area (Å²) in [5.41, 5.74) is 1.19. The molecule has 0 fully saturated rings. The van der Waals surface area contributed by atoms with Gasteiger partial charge in [-0.3, -0.25) is 0 Å². The van der Waals surface area contributed by atoms with Crippen molar-refractivity contribution < 1.29 is 4.74 Å².